The lowest BCUT2D eigenvalue weighted by molar-refractivity contribution is -0.137. The molecule has 1 aromatic heterocycles. The van der Waals surface area contributed by atoms with Crippen LogP contribution < -0.4 is 0 Å². The van der Waals surface area contributed by atoms with Crippen molar-refractivity contribution in [3.63, 3.8) is 0 Å². The molecule has 1 aromatic carbocycles. The number of carbonyl (C=O) groups is 1. The predicted molar refractivity (Wildman–Crippen MR) is 66.0 cm³/mol. The van der Waals surface area contributed by atoms with Gasteiger partial charge in [0.05, 0.1) is 23.9 Å². The summed E-state index contributed by atoms with van der Waals surface area (Å²) in [7, 11) is 1.27. The van der Waals surface area contributed by atoms with Crippen LogP contribution in [0.3, 0.4) is 0 Å². The zero-order valence-corrected chi connectivity index (χ0v) is 10.4. The van der Waals surface area contributed by atoms with Crippen molar-refractivity contribution < 1.29 is 22.7 Å². The van der Waals surface area contributed by atoms with Gasteiger partial charge in [0.15, 0.2) is 0 Å². The topological polar surface area (TPSA) is 39.2 Å². The van der Waals surface area contributed by atoms with Gasteiger partial charge in [-0.15, -0.1) is 0 Å². The third kappa shape index (κ3) is 2.96. The third-order valence-electron chi connectivity index (χ3n) is 2.69. The van der Waals surface area contributed by atoms with Gasteiger partial charge in [-0.3, -0.25) is 4.98 Å². The molecule has 1 heterocycles. The second-order valence-electron chi connectivity index (χ2n) is 4.00. The molecule has 0 unspecified atom stereocenters. The molecule has 0 atom stereocenters. The Morgan fingerprint density at radius 3 is 2.20 bits per heavy atom. The summed E-state index contributed by atoms with van der Waals surface area (Å²) >= 11 is 0. The van der Waals surface area contributed by atoms with E-state index >= 15 is 0 Å². The number of alkyl halides is 3. The Bertz CT molecular complexity index is 604. The summed E-state index contributed by atoms with van der Waals surface area (Å²) in [6, 6.07) is 8.51. The molecule has 104 valence electrons. The molecule has 0 saturated heterocycles. The van der Waals surface area contributed by atoms with E-state index in [1.807, 2.05) is 0 Å². The Hall–Kier alpha value is -2.37. The van der Waals surface area contributed by atoms with Crippen LogP contribution in [0.5, 0.6) is 0 Å². The van der Waals surface area contributed by atoms with E-state index in [4.69, 9.17) is 0 Å². The maximum Gasteiger partial charge on any atom is 0.417 e. The predicted octanol–water partition coefficient (Wildman–Crippen LogP) is 3.55. The maximum absolute atomic E-state index is 12.4. The second kappa shape index (κ2) is 5.32. The van der Waals surface area contributed by atoms with E-state index in [2.05, 4.69) is 9.72 Å². The highest BCUT2D eigenvalue weighted by Gasteiger charge is 2.30. The molecule has 3 nitrogen and oxygen atoms in total. The lowest BCUT2D eigenvalue weighted by Crippen LogP contribution is -2.05. The maximum atomic E-state index is 12.4. The largest absolute Gasteiger partial charge is 0.465 e. The molecule has 0 fully saturated rings. The molecule has 0 N–H and O–H groups in total. The fraction of sp³-hybridized carbons (Fsp3) is 0.143. The number of hydrogen-bond acceptors (Lipinski definition) is 3. The quantitative estimate of drug-likeness (QED) is 0.790. The summed E-state index contributed by atoms with van der Waals surface area (Å²) in [4.78, 5) is 15.0. The van der Waals surface area contributed by atoms with E-state index in [1.54, 1.807) is 12.1 Å². The number of halogens is 3. The molecule has 0 aliphatic rings. The minimum absolute atomic E-state index is 0.364. The van der Waals surface area contributed by atoms with Gasteiger partial charge in [-0.1, -0.05) is 12.1 Å². The standard InChI is InChI=1S/C14H10F3NO2/c1-20-13(19)10-4-2-9(3-5-10)12-7-6-11(8-18-12)14(15,16)17/h2-8H,1H3. The van der Waals surface area contributed by atoms with Gasteiger partial charge in [-0.05, 0) is 24.3 Å². The molecule has 0 amide bonds. The Morgan fingerprint density at radius 2 is 1.75 bits per heavy atom. The van der Waals surface area contributed by atoms with Gasteiger partial charge >= 0.3 is 12.1 Å². The van der Waals surface area contributed by atoms with Crippen LogP contribution in [0.1, 0.15) is 15.9 Å². The number of rotatable bonds is 2. The van der Waals surface area contributed by atoms with Crippen LogP contribution >= 0.6 is 0 Å². The van der Waals surface area contributed by atoms with Gasteiger partial charge in [0, 0.05) is 11.8 Å². The number of benzene rings is 1. The van der Waals surface area contributed by atoms with E-state index in [0.717, 1.165) is 12.3 Å². The Labute approximate surface area is 113 Å². The molecule has 0 radical (unpaired) electrons. The lowest BCUT2D eigenvalue weighted by atomic mass is 10.1. The van der Waals surface area contributed by atoms with Gasteiger partial charge in [0.1, 0.15) is 0 Å². The van der Waals surface area contributed by atoms with Crippen molar-refractivity contribution in [3.05, 3.63) is 53.7 Å². The van der Waals surface area contributed by atoms with E-state index in [0.29, 0.717) is 16.8 Å². The normalized spacial score (nSPS) is 11.2. The number of methoxy groups -OCH3 is 1. The molecule has 0 spiro atoms. The fourth-order valence-corrected chi connectivity index (χ4v) is 1.63. The van der Waals surface area contributed by atoms with Crippen molar-refractivity contribution in [1.82, 2.24) is 4.98 Å². The first kappa shape index (κ1) is 14.0. The van der Waals surface area contributed by atoms with E-state index in [-0.39, 0.29) is 0 Å². The van der Waals surface area contributed by atoms with Crippen LogP contribution in [0.25, 0.3) is 11.3 Å². The molecule has 0 saturated carbocycles. The van der Waals surface area contributed by atoms with Crippen molar-refractivity contribution >= 4 is 5.97 Å². The molecule has 20 heavy (non-hydrogen) atoms. The number of ether oxygens (including phenoxy) is 1. The van der Waals surface area contributed by atoms with Crippen LogP contribution in [0.4, 0.5) is 13.2 Å². The van der Waals surface area contributed by atoms with Crippen molar-refractivity contribution in [2.45, 2.75) is 6.18 Å². The van der Waals surface area contributed by atoms with Crippen LogP contribution in [0.2, 0.25) is 0 Å². The number of pyridine rings is 1. The zero-order valence-electron chi connectivity index (χ0n) is 10.4. The lowest BCUT2D eigenvalue weighted by Gasteiger charge is -2.07. The Morgan fingerprint density at radius 1 is 1.10 bits per heavy atom. The number of hydrogen-bond donors (Lipinski definition) is 0. The first-order valence-electron chi connectivity index (χ1n) is 5.64. The summed E-state index contributed by atoms with van der Waals surface area (Å²) in [6.07, 6.45) is -3.62. The molecular weight excluding hydrogens is 271 g/mol. The second-order valence-corrected chi connectivity index (χ2v) is 4.00. The molecule has 6 heteroatoms. The van der Waals surface area contributed by atoms with Crippen molar-refractivity contribution in [1.29, 1.82) is 0 Å². The summed E-state index contributed by atoms with van der Waals surface area (Å²) in [5, 5.41) is 0. The van der Waals surface area contributed by atoms with Crippen LogP contribution in [-0.2, 0) is 10.9 Å². The zero-order chi connectivity index (χ0) is 14.8. The number of nitrogens with zero attached hydrogens (tertiary/aromatic N) is 1. The van der Waals surface area contributed by atoms with E-state index in [1.165, 1.54) is 25.3 Å². The van der Waals surface area contributed by atoms with Gasteiger partial charge in [0.25, 0.3) is 0 Å². The first-order chi connectivity index (χ1) is 9.41. The monoisotopic (exact) mass is 281 g/mol. The summed E-state index contributed by atoms with van der Waals surface area (Å²) < 4.78 is 41.8. The van der Waals surface area contributed by atoms with Crippen LogP contribution in [-0.4, -0.2) is 18.1 Å². The highest BCUT2D eigenvalue weighted by Crippen LogP contribution is 2.29. The molecule has 2 aromatic rings. The minimum Gasteiger partial charge on any atom is -0.465 e. The molecule has 0 aliphatic carbocycles. The van der Waals surface area contributed by atoms with Gasteiger partial charge in [-0.25, -0.2) is 4.79 Å². The summed E-state index contributed by atoms with van der Waals surface area (Å²) in [6.45, 7) is 0. The van der Waals surface area contributed by atoms with Crippen molar-refractivity contribution in [3.8, 4) is 11.3 Å². The van der Waals surface area contributed by atoms with Crippen molar-refractivity contribution in [2.24, 2.45) is 0 Å². The summed E-state index contributed by atoms with van der Waals surface area (Å²) in [5.74, 6) is -0.475. The molecular formula is C14H10F3NO2. The number of esters is 1. The number of aromatic nitrogens is 1. The van der Waals surface area contributed by atoms with Gasteiger partial charge in [0.2, 0.25) is 0 Å². The molecule has 0 bridgehead atoms. The molecule has 2 rings (SSSR count). The van der Waals surface area contributed by atoms with Gasteiger partial charge in [-0.2, -0.15) is 13.2 Å². The van der Waals surface area contributed by atoms with Crippen LogP contribution in [0.15, 0.2) is 42.6 Å². The van der Waals surface area contributed by atoms with E-state index < -0.39 is 17.7 Å². The fourth-order valence-electron chi connectivity index (χ4n) is 1.63. The van der Waals surface area contributed by atoms with Crippen molar-refractivity contribution in [2.75, 3.05) is 7.11 Å². The van der Waals surface area contributed by atoms with Gasteiger partial charge < -0.3 is 4.74 Å². The molecule has 0 aliphatic heterocycles. The highest BCUT2D eigenvalue weighted by atomic mass is 19.4. The Kier molecular flexibility index (Phi) is 3.74. The van der Waals surface area contributed by atoms with Crippen LogP contribution in [0, 0.1) is 0 Å². The summed E-state index contributed by atoms with van der Waals surface area (Å²) in [5.41, 5.74) is 0.580. The average molecular weight is 281 g/mol. The highest BCUT2D eigenvalue weighted by molar-refractivity contribution is 5.89. The van der Waals surface area contributed by atoms with E-state index in [9.17, 15) is 18.0 Å². The number of carbonyl (C=O) groups excluding carboxylic acids is 1. The Balaban J connectivity index is 2.26. The first-order valence-corrected chi connectivity index (χ1v) is 5.64. The smallest absolute Gasteiger partial charge is 0.417 e. The SMILES string of the molecule is COC(=O)c1ccc(-c2ccc(C(F)(F)F)cn2)cc1. The third-order valence-corrected chi connectivity index (χ3v) is 2.69. The average Bonchev–Trinajstić information content (AvgIpc) is 2.46. The minimum atomic E-state index is -4.40.